The molecule has 0 aliphatic carbocycles. The van der Waals surface area contributed by atoms with Gasteiger partial charge in [0.05, 0.1) is 6.04 Å². The van der Waals surface area contributed by atoms with Crippen LogP contribution in [0.1, 0.15) is 59.6 Å². The van der Waals surface area contributed by atoms with Crippen molar-refractivity contribution in [3.8, 4) is 0 Å². The summed E-state index contributed by atoms with van der Waals surface area (Å²) >= 11 is 0. The van der Waals surface area contributed by atoms with Crippen molar-refractivity contribution in [1.29, 1.82) is 0 Å². The number of rotatable bonds is 14. The molecule has 2 aromatic carbocycles. The topological polar surface area (TPSA) is 136 Å². The van der Waals surface area contributed by atoms with Gasteiger partial charge >= 0.3 is 5.97 Å². The molecule has 3 N–H and O–H groups in total. The highest BCUT2D eigenvalue weighted by Crippen LogP contribution is 2.18. The number of aliphatic carboxylic acids is 1. The number of carbonyl (C=O) groups is 5. The van der Waals surface area contributed by atoms with Crippen molar-refractivity contribution >= 4 is 29.6 Å². The highest BCUT2D eigenvalue weighted by Gasteiger charge is 2.38. The van der Waals surface area contributed by atoms with E-state index < -0.39 is 42.0 Å². The van der Waals surface area contributed by atoms with Gasteiger partial charge in [0, 0.05) is 26.9 Å². The molecule has 4 unspecified atom stereocenters. The van der Waals surface area contributed by atoms with Crippen LogP contribution in [0.5, 0.6) is 0 Å². The van der Waals surface area contributed by atoms with Crippen LogP contribution in [0.4, 0.5) is 0 Å². The van der Waals surface area contributed by atoms with E-state index in [1.54, 1.807) is 13.8 Å². The summed E-state index contributed by atoms with van der Waals surface area (Å²) < 4.78 is 0. The number of carboxylic acids is 1. The van der Waals surface area contributed by atoms with Crippen molar-refractivity contribution in [1.82, 2.24) is 20.4 Å². The zero-order valence-electron chi connectivity index (χ0n) is 25.5. The Morgan fingerprint density at radius 2 is 1.00 bits per heavy atom. The third-order valence-corrected chi connectivity index (χ3v) is 7.11. The zero-order valence-corrected chi connectivity index (χ0v) is 25.5. The lowest BCUT2D eigenvalue weighted by molar-refractivity contribution is -0.147. The predicted molar refractivity (Wildman–Crippen MR) is 160 cm³/mol. The van der Waals surface area contributed by atoms with Crippen molar-refractivity contribution < 1.29 is 29.1 Å². The van der Waals surface area contributed by atoms with Gasteiger partial charge in [-0.2, -0.15) is 0 Å². The van der Waals surface area contributed by atoms with Crippen molar-refractivity contribution in [3.05, 3.63) is 71.8 Å². The fourth-order valence-corrected chi connectivity index (χ4v) is 5.01. The van der Waals surface area contributed by atoms with Crippen LogP contribution < -0.4 is 10.6 Å². The van der Waals surface area contributed by atoms with E-state index in [0.717, 1.165) is 11.1 Å². The number of nitrogens with zero attached hydrogens (tertiary/aromatic N) is 2. The van der Waals surface area contributed by atoms with Crippen LogP contribution in [0.2, 0.25) is 0 Å². The largest absolute Gasteiger partial charge is 0.480 e. The smallest absolute Gasteiger partial charge is 0.328 e. The van der Waals surface area contributed by atoms with Gasteiger partial charge in [-0.1, -0.05) is 88.4 Å². The molecule has 2 rings (SSSR count). The van der Waals surface area contributed by atoms with Crippen LogP contribution in [0.15, 0.2) is 60.7 Å². The standard InChI is InChI=1S/C32H44N4O6/c1-20(2)28(35(23(6)37)18-25-14-10-8-11-15-25)30(39)33-22(5)27(32(41)42)34-31(40)29(21(3)4)36(24(7)38)19-26-16-12-9-13-17-26/h8-17,20-22,27-29H,18-19H2,1-7H3,(H,33,39)(H,34,40)(H,41,42). The molecule has 0 aromatic heterocycles. The van der Waals surface area contributed by atoms with Crippen molar-refractivity contribution in [2.24, 2.45) is 11.8 Å². The first-order chi connectivity index (χ1) is 19.7. The summed E-state index contributed by atoms with van der Waals surface area (Å²) in [6, 6.07) is 14.1. The van der Waals surface area contributed by atoms with E-state index in [-0.39, 0.29) is 36.7 Å². The maximum Gasteiger partial charge on any atom is 0.328 e. The van der Waals surface area contributed by atoms with Gasteiger partial charge < -0.3 is 25.5 Å². The van der Waals surface area contributed by atoms with Gasteiger partial charge in [0.2, 0.25) is 23.6 Å². The summed E-state index contributed by atoms with van der Waals surface area (Å²) in [5, 5.41) is 15.3. The molecule has 42 heavy (non-hydrogen) atoms. The van der Waals surface area contributed by atoms with Crippen LogP contribution >= 0.6 is 0 Å². The minimum atomic E-state index is -1.49. The third kappa shape index (κ3) is 9.43. The van der Waals surface area contributed by atoms with Gasteiger partial charge in [-0.25, -0.2) is 4.79 Å². The van der Waals surface area contributed by atoms with E-state index in [0.29, 0.717) is 0 Å². The van der Waals surface area contributed by atoms with Gasteiger partial charge in [-0.05, 0) is 29.9 Å². The molecular weight excluding hydrogens is 536 g/mol. The van der Waals surface area contributed by atoms with E-state index in [2.05, 4.69) is 10.6 Å². The van der Waals surface area contributed by atoms with E-state index >= 15 is 0 Å². The van der Waals surface area contributed by atoms with Crippen LogP contribution in [0, 0.1) is 11.8 Å². The number of carboxylic acid groups (broad SMARTS) is 1. The molecule has 2 aromatic rings. The monoisotopic (exact) mass is 580 g/mol. The molecule has 0 aliphatic rings. The summed E-state index contributed by atoms with van der Waals surface area (Å²) in [6.45, 7) is 11.8. The normalized spacial score (nSPS) is 13.9. The number of amides is 4. The molecule has 4 atom stereocenters. The summed E-state index contributed by atoms with van der Waals surface area (Å²) in [5.41, 5.74) is 1.67. The molecular formula is C32H44N4O6. The first kappa shape index (κ1) is 34.0. The predicted octanol–water partition coefficient (Wildman–Crippen LogP) is 3.21. The summed E-state index contributed by atoms with van der Waals surface area (Å²) in [7, 11) is 0. The molecule has 10 nitrogen and oxygen atoms in total. The maximum absolute atomic E-state index is 13.5. The average Bonchev–Trinajstić information content (AvgIpc) is 2.91. The Kier molecular flexibility index (Phi) is 12.7. The molecule has 0 bridgehead atoms. The first-order valence-corrected chi connectivity index (χ1v) is 14.2. The van der Waals surface area contributed by atoms with E-state index in [1.807, 2.05) is 74.5 Å². The van der Waals surface area contributed by atoms with Crippen molar-refractivity contribution in [2.45, 2.75) is 85.7 Å². The van der Waals surface area contributed by atoms with Gasteiger partial charge in [0.15, 0.2) is 0 Å². The number of hydrogen-bond acceptors (Lipinski definition) is 5. The van der Waals surface area contributed by atoms with Gasteiger partial charge in [0.25, 0.3) is 0 Å². The number of carbonyl (C=O) groups excluding carboxylic acids is 4. The minimum absolute atomic E-state index is 0.175. The second-order valence-electron chi connectivity index (χ2n) is 11.3. The van der Waals surface area contributed by atoms with Gasteiger partial charge in [0.1, 0.15) is 18.1 Å². The SMILES string of the molecule is CC(=O)N(Cc1ccccc1)C(C(=O)NC(C)C(NC(=O)C(C(C)C)N(Cc1ccccc1)C(C)=O)C(=O)O)C(C)C. The molecule has 0 aliphatic heterocycles. The Morgan fingerprint density at radius 3 is 1.31 bits per heavy atom. The highest BCUT2D eigenvalue weighted by molar-refractivity contribution is 5.91. The van der Waals surface area contributed by atoms with E-state index in [1.165, 1.54) is 30.6 Å². The molecule has 0 fully saturated rings. The van der Waals surface area contributed by atoms with Crippen molar-refractivity contribution in [2.75, 3.05) is 0 Å². The van der Waals surface area contributed by atoms with E-state index in [9.17, 15) is 29.1 Å². The zero-order chi connectivity index (χ0) is 31.6. The highest BCUT2D eigenvalue weighted by atomic mass is 16.4. The maximum atomic E-state index is 13.5. The van der Waals surface area contributed by atoms with Crippen LogP contribution in [0.3, 0.4) is 0 Å². The van der Waals surface area contributed by atoms with Crippen molar-refractivity contribution in [3.63, 3.8) is 0 Å². The van der Waals surface area contributed by atoms with Gasteiger partial charge in [-0.15, -0.1) is 0 Å². The van der Waals surface area contributed by atoms with Crippen LogP contribution in [0.25, 0.3) is 0 Å². The fraction of sp³-hybridized carbons (Fsp3) is 0.469. The molecule has 4 amide bonds. The third-order valence-electron chi connectivity index (χ3n) is 7.11. The lowest BCUT2D eigenvalue weighted by Crippen LogP contribution is -2.61. The summed E-state index contributed by atoms with van der Waals surface area (Å²) in [5.74, 6) is -3.75. The Bertz CT molecular complexity index is 1220. The molecule has 0 heterocycles. The second kappa shape index (κ2) is 15.7. The lowest BCUT2D eigenvalue weighted by Gasteiger charge is -2.36. The molecule has 0 saturated carbocycles. The number of nitrogens with one attached hydrogen (secondary N) is 2. The Hall–Kier alpha value is -4.21. The Labute approximate surface area is 248 Å². The molecule has 0 saturated heterocycles. The van der Waals surface area contributed by atoms with Gasteiger partial charge in [-0.3, -0.25) is 19.2 Å². The molecule has 0 spiro atoms. The Balaban J connectivity index is 2.26. The number of hydrogen-bond donors (Lipinski definition) is 3. The fourth-order valence-electron chi connectivity index (χ4n) is 5.01. The molecule has 10 heteroatoms. The number of benzene rings is 2. The average molecular weight is 581 g/mol. The second-order valence-corrected chi connectivity index (χ2v) is 11.3. The van der Waals surface area contributed by atoms with Crippen LogP contribution in [-0.2, 0) is 37.1 Å². The summed E-state index contributed by atoms with van der Waals surface area (Å²) in [6.07, 6.45) is 0. The molecule has 0 radical (unpaired) electrons. The van der Waals surface area contributed by atoms with Crippen LogP contribution in [-0.4, -0.2) is 68.7 Å². The van der Waals surface area contributed by atoms with E-state index in [4.69, 9.17) is 0 Å². The lowest BCUT2D eigenvalue weighted by atomic mass is 9.98. The Morgan fingerprint density at radius 1 is 0.643 bits per heavy atom. The quantitative estimate of drug-likeness (QED) is 0.314. The summed E-state index contributed by atoms with van der Waals surface area (Å²) in [4.78, 5) is 67.5. The minimum Gasteiger partial charge on any atom is -0.480 e. The molecule has 228 valence electrons. The first-order valence-electron chi connectivity index (χ1n) is 14.2.